The molecule has 26 heavy (non-hydrogen) atoms. The van der Waals surface area contributed by atoms with Crippen molar-refractivity contribution in [3.05, 3.63) is 54.1 Å². The summed E-state index contributed by atoms with van der Waals surface area (Å²) in [6.45, 7) is 2.59. The van der Waals surface area contributed by atoms with Gasteiger partial charge in [-0.1, -0.05) is 25.5 Å². The quantitative estimate of drug-likeness (QED) is 0.657. The lowest BCUT2D eigenvalue weighted by molar-refractivity contribution is -0.116. The Hall–Kier alpha value is -2.38. The molecule has 2 rings (SSSR count). The van der Waals surface area contributed by atoms with E-state index >= 15 is 0 Å². The van der Waals surface area contributed by atoms with Crippen molar-refractivity contribution in [2.24, 2.45) is 5.14 Å². The average molecular weight is 376 g/mol. The van der Waals surface area contributed by atoms with Crippen LogP contribution in [-0.2, 0) is 21.2 Å². The van der Waals surface area contributed by atoms with Gasteiger partial charge in [-0.25, -0.2) is 13.6 Å². The minimum atomic E-state index is -3.73. The fourth-order valence-corrected chi connectivity index (χ4v) is 2.93. The third-order valence-corrected chi connectivity index (χ3v) is 4.67. The number of amides is 1. The Labute approximate surface area is 154 Å². The van der Waals surface area contributed by atoms with Gasteiger partial charge in [0.25, 0.3) is 0 Å². The molecule has 2 aromatic carbocycles. The van der Waals surface area contributed by atoms with Gasteiger partial charge in [-0.05, 0) is 54.8 Å². The molecule has 140 valence electrons. The summed E-state index contributed by atoms with van der Waals surface area (Å²) in [4.78, 5) is 11.9. The molecule has 0 atom stereocenters. The molecule has 0 unspecified atom stereocenters. The van der Waals surface area contributed by atoms with E-state index < -0.39 is 10.0 Å². The van der Waals surface area contributed by atoms with Crippen LogP contribution >= 0.6 is 0 Å². The number of anilines is 1. The van der Waals surface area contributed by atoms with Crippen LogP contribution < -0.4 is 15.2 Å². The third kappa shape index (κ3) is 6.50. The van der Waals surface area contributed by atoms with Crippen LogP contribution in [0, 0.1) is 0 Å². The highest BCUT2D eigenvalue weighted by Gasteiger charge is 2.08. The highest BCUT2D eigenvalue weighted by Crippen LogP contribution is 2.15. The number of hydrogen-bond donors (Lipinski definition) is 2. The topological polar surface area (TPSA) is 98.5 Å². The molecule has 0 heterocycles. The standard InChI is InChI=1S/C19H24N2O4S/c1-2-4-15-6-10-17(11-7-15)25-14-3-5-19(22)21-16-8-12-18(13-9-16)26(20,23)24/h6-13H,2-5,14H2,1H3,(H,21,22)(H2,20,23,24). The van der Waals surface area contributed by atoms with Crippen LogP contribution in [0.1, 0.15) is 31.7 Å². The highest BCUT2D eigenvalue weighted by atomic mass is 32.2. The Bertz CT molecular complexity index is 816. The number of sulfonamides is 1. The van der Waals surface area contributed by atoms with E-state index in [1.54, 1.807) is 0 Å². The molecule has 0 saturated heterocycles. The normalized spacial score (nSPS) is 11.2. The van der Waals surface area contributed by atoms with E-state index in [2.05, 4.69) is 24.4 Å². The van der Waals surface area contributed by atoms with Gasteiger partial charge >= 0.3 is 0 Å². The van der Waals surface area contributed by atoms with Gasteiger partial charge in [-0.2, -0.15) is 0 Å². The second kappa shape index (κ2) is 9.35. The number of primary sulfonamides is 1. The lowest BCUT2D eigenvalue weighted by atomic mass is 10.1. The average Bonchev–Trinajstić information content (AvgIpc) is 2.60. The van der Waals surface area contributed by atoms with E-state index in [1.807, 2.05) is 12.1 Å². The molecule has 0 spiro atoms. The monoisotopic (exact) mass is 376 g/mol. The molecule has 3 N–H and O–H groups in total. The van der Waals surface area contributed by atoms with Gasteiger partial charge in [0.1, 0.15) is 5.75 Å². The summed E-state index contributed by atoms with van der Waals surface area (Å²) in [5.41, 5.74) is 1.81. The first-order valence-electron chi connectivity index (χ1n) is 8.53. The predicted octanol–water partition coefficient (Wildman–Crippen LogP) is 3.08. The van der Waals surface area contributed by atoms with E-state index in [1.165, 1.54) is 29.8 Å². The number of carbonyl (C=O) groups is 1. The van der Waals surface area contributed by atoms with E-state index in [0.717, 1.165) is 18.6 Å². The summed E-state index contributed by atoms with van der Waals surface area (Å²) in [6, 6.07) is 13.7. The molecule has 0 saturated carbocycles. The number of aryl methyl sites for hydroxylation is 1. The summed E-state index contributed by atoms with van der Waals surface area (Å²) >= 11 is 0. The smallest absolute Gasteiger partial charge is 0.238 e. The molecule has 7 heteroatoms. The minimum Gasteiger partial charge on any atom is -0.494 e. The van der Waals surface area contributed by atoms with Crippen LogP contribution in [0.3, 0.4) is 0 Å². The van der Waals surface area contributed by atoms with Crippen LogP contribution in [0.25, 0.3) is 0 Å². The maximum Gasteiger partial charge on any atom is 0.238 e. The zero-order valence-electron chi connectivity index (χ0n) is 14.8. The van der Waals surface area contributed by atoms with Gasteiger partial charge in [0.15, 0.2) is 0 Å². The van der Waals surface area contributed by atoms with E-state index in [0.29, 0.717) is 25.1 Å². The summed E-state index contributed by atoms with van der Waals surface area (Å²) < 4.78 is 28.0. The molecule has 0 aliphatic heterocycles. The highest BCUT2D eigenvalue weighted by molar-refractivity contribution is 7.89. The van der Waals surface area contributed by atoms with Crippen molar-refractivity contribution < 1.29 is 17.9 Å². The first-order valence-corrected chi connectivity index (χ1v) is 10.1. The van der Waals surface area contributed by atoms with E-state index in [4.69, 9.17) is 9.88 Å². The SMILES string of the molecule is CCCc1ccc(OCCCC(=O)Nc2ccc(S(N)(=O)=O)cc2)cc1. The summed E-state index contributed by atoms with van der Waals surface area (Å²) in [5.74, 6) is 0.638. The Kier molecular flexibility index (Phi) is 7.17. The Morgan fingerprint density at radius 2 is 1.73 bits per heavy atom. The van der Waals surface area contributed by atoms with Crippen LogP contribution in [0.5, 0.6) is 5.75 Å². The van der Waals surface area contributed by atoms with Crippen molar-refractivity contribution >= 4 is 21.6 Å². The molecule has 6 nitrogen and oxygen atoms in total. The molecule has 0 aliphatic carbocycles. The maximum absolute atomic E-state index is 11.9. The molecule has 0 radical (unpaired) electrons. The number of hydrogen-bond acceptors (Lipinski definition) is 4. The molecule has 0 fully saturated rings. The van der Waals surface area contributed by atoms with Gasteiger partial charge in [-0.15, -0.1) is 0 Å². The van der Waals surface area contributed by atoms with Crippen molar-refractivity contribution in [2.75, 3.05) is 11.9 Å². The number of ether oxygens (including phenoxy) is 1. The fourth-order valence-electron chi connectivity index (χ4n) is 2.42. The van der Waals surface area contributed by atoms with Crippen molar-refractivity contribution in [1.29, 1.82) is 0 Å². The van der Waals surface area contributed by atoms with Gasteiger partial charge in [0.2, 0.25) is 15.9 Å². The van der Waals surface area contributed by atoms with Gasteiger partial charge in [-0.3, -0.25) is 4.79 Å². The maximum atomic E-state index is 11.9. The molecule has 1 amide bonds. The lowest BCUT2D eigenvalue weighted by Crippen LogP contribution is -2.14. The fraction of sp³-hybridized carbons (Fsp3) is 0.316. The van der Waals surface area contributed by atoms with Crippen molar-refractivity contribution in [2.45, 2.75) is 37.5 Å². The number of carbonyl (C=O) groups excluding carboxylic acids is 1. The largest absolute Gasteiger partial charge is 0.494 e. The molecular weight excluding hydrogens is 352 g/mol. The summed E-state index contributed by atoms with van der Waals surface area (Å²) in [7, 11) is -3.73. The number of nitrogens with one attached hydrogen (secondary N) is 1. The zero-order chi connectivity index (χ0) is 19.0. The van der Waals surface area contributed by atoms with Crippen molar-refractivity contribution in [3.63, 3.8) is 0 Å². The van der Waals surface area contributed by atoms with Gasteiger partial charge in [0, 0.05) is 12.1 Å². The predicted molar refractivity (Wildman–Crippen MR) is 102 cm³/mol. The second-order valence-corrected chi connectivity index (χ2v) is 7.52. The van der Waals surface area contributed by atoms with Crippen molar-refractivity contribution in [3.8, 4) is 5.75 Å². The molecular formula is C19H24N2O4S. The molecule has 2 aromatic rings. The van der Waals surface area contributed by atoms with E-state index in [-0.39, 0.29) is 10.8 Å². The molecule has 0 aromatic heterocycles. The summed E-state index contributed by atoms with van der Waals surface area (Å²) in [5, 5.41) is 7.74. The lowest BCUT2D eigenvalue weighted by Gasteiger charge is -2.08. The van der Waals surface area contributed by atoms with Crippen LogP contribution in [0.2, 0.25) is 0 Å². The van der Waals surface area contributed by atoms with Gasteiger partial charge < -0.3 is 10.1 Å². The summed E-state index contributed by atoms with van der Waals surface area (Å²) in [6.07, 6.45) is 3.06. The van der Waals surface area contributed by atoms with Gasteiger partial charge in [0.05, 0.1) is 11.5 Å². The first kappa shape index (κ1) is 19.9. The first-order chi connectivity index (χ1) is 12.4. The number of benzene rings is 2. The Balaban J connectivity index is 1.71. The molecule has 0 aliphatic rings. The number of rotatable bonds is 9. The Morgan fingerprint density at radius 3 is 2.31 bits per heavy atom. The number of nitrogens with two attached hydrogens (primary N) is 1. The third-order valence-electron chi connectivity index (χ3n) is 3.75. The van der Waals surface area contributed by atoms with Crippen LogP contribution in [0.15, 0.2) is 53.4 Å². The minimum absolute atomic E-state index is 0.00820. The molecule has 0 bridgehead atoms. The Morgan fingerprint density at radius 1 is 1.08 bits per heavy atom. The zero-order valence-corrected chi connectivity index (χ0v) is 15.6. The second-order valence-electron chi connectivity index (χ2n) is 5.96. The van der Waals surface area contributed by atoms with Crippen LogP contribution in [-0.4, -0.2) is 20.9 Å². The van der Waals surface area contributed by atoms with E-state index in [9.17, 15) is 13.2 Å². The van der Waals surface area contributed by atoms with Crippen LogP contribution in [0.4, 0.5) is 5.69 Å². The van der Waals surface area contributed by atoms with Crippen molar-refractivity contribution in [1.82, 2.24) is 0 Å².